The van der Waals surface area contributed by atoms with Gasteiger partial charge in [-0.05, 0) is 12.1 Å². The molecule has 2 rings (SSSR count). The molecule has 0 aliphatic heterocycles. The Morgan fingerprint density at radius 2 is 2.40 bits per heavy atom. The normalized spacial score (nSPS) is 10.2. The van der Waals surface area contributed by atoms with Crippen LogP contribution < -0.4 is 0 Å². The summed E-state index contributed by atoms with van der Waals surface area (Å²) in [5.74, 6) is -0.482. The first kappa shape index (κ1) is 9.39. The monoisotopic (exact) mass is 204 g/mol. The van der Waals surface area contributed by atoms with Gasteiger partial charge in [0, 0.05) is 6.20 Å². The van der Waals surface area contributed by atoms with Gasteiger partial charge in [0.2, 0.25) is 0 Å². The molecule has 0 aliphatic rings. The summed E-state index contributed by atoms with van der Waals surface area (Å²) in [7, 11) is 1.29. The van der Waals surface area contributed by atoms with Crippen molar-refractivity contribution in [3.05, 3.63) is 35.9 Å². The van der Waals surface area contributed by atoms with E-state index in [0.717, 1.165) is 0 Å². The van der Waals surface area contributed by atoms with Crippen LogP contribution in [0, 0.1) is 0 Å². The number of hydrogen-bond acceptors (Lipinski definition) is 4. The topological polar surface area (TPSA) is 60.7 Å². The number of imidazole rings is 1. The Kier molecular flexibility index (Phi) is 2.21. The van der Waals surface area contributed by atoms with Crippen LogP contribution in [0.4, 0.5) is 0 Å². The van der Waals surface area contributed by atoms with Crippen molar-refractivity contribution >= 4 is 17.8 Å². The van der Waals surface area contributed by atoms with Crippen LogP contribution in [0.3, 0.4) is 0 Å². The molecule has 0 aliphatic carbocycles. The van der Waals surface area contributed by atoms with Crippen molar-refractivity contribution in [2.24, 2.45) is 0 Å². The van der Waals surface area contributed by atoms with Gasteiger partial charge >= 0.3 is 5.97 Å². The number of pyridine rings is 1. The van der Waals surface area contributed by atoms with E-state index in [9.17, 15) is 9.59 Å². The number of ether oxygens (including phenoxy) is 1. The smallest absolute Gasteiger partial charge is 0.340 e. The van der Waals surface area contributed by atoms with Crippen LogP contribution in [-0.4, -0.2) is 28.7 Å². The molecule has 0 N–H and O–H groups in total. The molecule has 0 fully saturated rings. The molecule has 0 saturated heterocycles. The second kappa shape index (κ2) is 3.53. The summed E-state index contributed by atoms with van der Waals surface area (Å²) < 4.78 is 6.22. The number of carbonyl (C=O) groups is 2. The van der Waals surface area contributed by atoms with E-state index < -0.39 is 5.97 Å². The molecule has 2 aromatic rings. The summed E-state index contributed by atoms with van der Waals surface area (Å²) in [5.41, 5.74) is 1.04. The molecule has 0 atom stereocenters. The van der Waals surface area contributed by atoms with E-state index in [2.05, 4.69) is 9.72 Å². The first-order valence-electron chi connectivity index (χ1n) is 4.27. The highest BCUT2D eigenvalue weighted by molar-refractivity contribution is 6.01. The molecule has 15 heavy (non-hydrogen) atoms. The number of methoxy groups -OCH3 is 1. The van der Waals surface area contributed by atoms with Gasteiger partial charge in [0.25, 0.3) is 0 Å². The predicted molar refractivity (Wildman–Crippen MR) is 51.9 cm³/mol. The van der Waals surface area contributed by atoms with Crippen molar-refractivity contribution in [2.45, 2.75) is 0 Å². The lowest BCUT2D eigenvalue weighted by Gasteiger charge is -2.01. The molecule has 2 heterocycles. The van der Waals surface area contributed by atoms with Crippen molar-refractivity contribution < 1.29 is 14.3 Å². The van der Waals surface area contributed by atoms with E-state index in [4.69, 9.17) is 0 Å². The summed E-state index contributed by atoms with van der Waals surface area (Å²) in [6.45, 7) is 0. The fourth-order valence-corrected chi connectivity index (χ4v) is 1.44. The van der Waals surface area contributed by atoms with Crippen LogP contribution in [0.25, 0.3) is 5.52 Å². The van der Waals surface area contributed by atoms with Gasteiger partial charge in [0.1, 0.15) is 12.0 Å². The van der Waals surface area contributed by atoms with Gasteiger partial charge in [0.05, 0.1) is 18.2 Å². The zero-order chi connectivity index (χ0) is 10.8. The minimum Gasteiger partial charge on any atom is -0.465 e. The van der Waals surface area contributed by atoms with Crippen molar-refractivity contribution in [1.82, 2.24) is 9.38 Å². The zero-order valence-electron chi connectivity index (χ0n) is 8.01. The van der Waals surface area contributed by atoms with Crippen LogP contribution in [0.1, 0.15) is 20.8 Å². The van der Waals surface area contributed by atoms with E-state index in [1.807, 2.05) is 0 Å². The lowest BCUT2D eigenvalue weighted by Crippen LogP contribution is -2.04. The number of aromatic nitrogens is 2. The minimum absolute atomic E-state index is 0.232. The lowest BCUT2D eigenvalue weighted by molar-refractivity contribution is 0.0602. The summed E-state index contributed by atoms with van der Waals surface area (Å²) >= 11 is 0. The molecule has 5 heteroatoms. The van der Waals surface area contributed by atoms with E-state index in [-0.39, 0.29) is 5.69 Å². The molecule has 0 unspecified atom stereocenters. The first-order chi connectivity index (χ1) is 7.27. The molecule has 5 nitrogen and oxygen atoms in total. The summed E-state index contributed by atoms with van der Waals surface area (Å²) in [6, 6.07) is 3.28. The number of aldehydes is 1. The fourth-order valence-electron chi connectivity index (χ4n) is 1.44. The maximum Gasteiger partial charge on any atom is 0.340 e. The van der Waals surface area contributed by atoms with Crippen LogP contribution in [0.5, 0.6) is 0 Å². The highest BCUT2D eigenvalue weighted by Crippen LogP contribution is 2.14. The van der Waals surface area contributed by atoms with Crippen molar-refractivity contribution in [3.8, 4) is 0 Å². The van der Waals surface area contributed by atoms with Crippen LogP contribution in [0.2, 0.25) is 0 Å². The van der Waals surface area contributed by atoms with Crippen LogP contribution in [-0.2, 0) is 4.74 Å². The Morgan fingerprint density at radius 1 is 1.60 bits per heavy atom. The van der Waals surface area contributed by atoms with E-state index in [0.29, 0.717) is 17.4 Å². The van der Waals surface area contributed by atoms with Crippen molar-refractivity contribution in [1.29, 1.82) is 0 Å². The van der Waals surface area contributed by atoms with E-state index in [1.54, 1.807) is 22.7 Å². The van der Waals surface area contributed by atoms with Gasteiger partial charge in [-0.25, -0.2) is 9.78 Å². The highest BCUT2D eigenvalue weighted by Gasteiger charge is 2.14. The zero-order valence-corrected chi connectivity index (χ0v) is 8.01. The highest BCUT2D eigenvalue weighted by atomic mass is 16.5. The standard InChI is InChI=1S/C10H8N2O3/c1-15-10(14)7-3-2-4-12-6-11-8(5-13)9(7)12/h2-6H,1H3. The Labute approximate surface area is 85.3 Å². The molecular weight excluding hydrogens is 196 g/mol. The second-order valence-corrected chi connectivity index (χ2v) is 2.92. The van der Waals surface area contributed by atoms with Crippen LogP contribution in [0.15, 0.2) is 24.7 Å². The van der Waals surface area contributed by atoms with Gasteiger partial charge in [-0.15, -0.1) is 0 Å². The quantitative estimate of drug-likeness (QED) is 0.539. The third-order valence-corrected chi connectivity index (χ3v) is 2.10. The number of esters is 1. The Hall–Kier alpha value is -2.17. The van der Waals surface area contributed by atoms with Gasteiger partial charge in [-0.1, -0.05) is 0 Å². The number of carbonyl (C=O) groups excluding carboxylic acids is 2. The van der Waals surface area contributed by atoms with Gasteiger partial charge in [-0.3, -0.25) is 4.79 Å². The Balaban J connectivity index is 2.77. The van der Waals surface area contributed by atoms with Crippen LogP contribution >= 0.6 is 0 Å². The molecule has 0 aromatic carbocycles. The third kappa shape index (κ3) is 1.38. The average Bonchev–Trinajstić information content (AvgIpc) is 2.70. The summed E-state index contributed by atoms with van der Waals surface area (Å²) in [6.07, 6.45) is 3.80. The number of fused-ring (bicyclic) bond motifs is 1. The maximum absolute atomic E-state index is 11.4. The maximum atomic E-state index is 11.4. The van der Waals surface area contributed by atoms with Gasteiger partial charge < -0.3 is 9.14 Å². The summed E-state index contributed by atoms with van der Waals surface area (Å²) in [4.78, 5) is 26.0. The lowest BCUT2D eigenvalue weighted by atomic mass is 10.2. The molecule has 0 spiro atoms. The molecule has 0 amide bonds. The molecule has 0 saturated carbocycles. The second-order valence-electron chi connectivity index (χ2n) is 2.92. The molecule has 2 aromatic heterocycles. The number of nitrogens with zero attached hydrogens (tertiary/aromatic N) is 2. The Morgan fingerprint density at radius 3 is 3.07 bits per heavy atom. The summed E-state index contributed by atoms with van der Waals surface area (Å²) in [5, 5.41) is 0. The average molecular weight is 204 g/mol. The largest absolute Gasteiger partial charge is 0.465 e. The van der Waals surface area contributed by atoms with Crippen molar-refractivity contribution in [2.75, 3.05) is 7.11 Å². The van der Waals surface area contributed by atoms with Gasteiger partial charge in [-0.2, -0.15) is 0 Å². The number of rotatable bonds is 2. The Bertz CT molecular complexity index is 530. The molecule has 0 bridgehead atoms. The van der Waals surface area contributed by atoms with Gasteiger partial charge in [0.15, 0.2) is 6.29 Å². The fraction of sp³-hybridized carbons (Fsp3) is 0.100. The minimum atomic E-state index is -0.482. The molecule has 76 valence electrons. The van der Waals surface area contributed by atoms with E-state index in [1.165, 1.54) is 13.4 Å². The van der Waals surface area contributed by atoms with E-state index >= 15 is 0 Å². The molecule has 0 radical (unpaired) electrons. The predicted octanol–water partition coefficient (Wildman–Crippen LogP) is 0.933. The first-order valence-corrected chi connectivity index (χ1v) is 4.27. The number of hydrogen-bond donors (Lipinski definition) is 0. The molecular formula is C10H8N2O3. The third-order valence-electron chi connectivity index (χ3n) is 2.10. The SMILES string of the molecule is COC(=O)c1cccn2cnc(C=O)c12. The van der Waals surface area contributed by atoms with Crippen molar-refractivity contribution in [3.63, 3.8) is 0 Å².